The highest BCUT2D eigenvalue weighted by atomic mass is 15.0. The van der Waals surface area contributed by atoms with Gasteiger partial charge in [0.15, 0.2) is 0 Å². The molecule has 1 aromatic heterocycles. The van der Waals surface area contributed by atoms with Crippen molar-refractivity contribution < 1.29 is 0 Å². The number of aryl methyl sites for hydroxylation is 1. The van der Waals surface area contributed by atoms with Gasteiger partial charge < -0.3 is 4.57 Å². The van der Waals surface area contributed by atoms with E-state index >= 15 is 0 Å². The second-order valence-corrected chi connectivity index (χ2v) is 8.78. The molecule has 0 amide bonds. The third-order valence-electron chi connectivity index (χ3n) is 6.54. The fourth-order valence-electron chi connectivity index (χ4n) is 4.81. The van der Waals surface area contributed by atoms with E-state index in [0.29, 0.717) is 0 Å². The third kappa shape index (κ3) is 3.62. The van der Waals surface area contributed by atoms with Crippen LogP contribution in [0.15, 0.2) is 121 Å². The number of fused-ring (bicyclic) bond motifs is 3. The van der Waals surface area contributed by atoms with E-state index in [1.54, 1.807) is 0 Å². The van der Waals surface area contributed by atoms with E-state index in [1.807, 2.05) is 0 Å². The Kier molecular flexibility index (Phi) is 4.81. The van der Waals surface area contributed by atoms with Gasteiger partial charge in [-0.25, -0.2) is 0 Å². The van der Waals surface area contributed by atoms with Crippen LogP contribution in [-0.2, 0) is 6.54 Å². The van der Waals surface area contributed by atoms with E-state index in [0.717, 1.165) is 6.54 Å². The van der Waals surface area contributed by atoms with Crippen molar-refractivity contribution in [2.45, 2.75) is 13.5 Å². The molecule has 0 saturated carbocycles. The van der Waals surface area contributed by atoms with Crippen molar-refractivity contribution in [3.05, 3.63) is 133 Å². The second-order valence-electron chi connectivity index (χ2n) is 8.78. The minimum atomic E-state index is 0.874. The van der Waals surface area contributed by atoms with Gasteiger partial charge in [0.25, 0.3) is 0 Å². The van der Waals surface area contributed by atoms with Gasteiger partial charge in [-0.05, 0) is 52.3 Å². The lowest BCUT2D eigenvalue weighted by Crippen LogP contribution is -1.98. The van der Waals surface area contributed by atoms with Gasteiger partial charge in [0, 0.05) is 23.5 Å². The van der Waals surface area contributed by atoms with E-state index in [4.69, 9.17) is 0 Å². The Hall–Kier alpha value is -4.10. The maximum atomic E-state index is 2.37. The molecule has 158 valence electrons. The second kappa shape index (κ2) is 8.11. The van der Waals surface area contributed by atoms with E-state index < -0.39 is 0 Å². The summed E-state index contributed by atoms with van der Waals surface area (Å²) in [6, 6.07) is 41.8. The van der Waals surface area contributed by atoms with Crippen LogP contribution < -0.4 is 0 Å². The maximum absolute atomic E-state index is 2.37. The van der Waals surface area contributed by atoms with Crippen LogP contribution >= 0.6 is 0 Å². The van der Waals surface area contributed by atoms with E-state index in [2.05, 4.69) is 133 Å². The lowest BCUT2D eigenvalue weighted by atomic mass is 9.94. The summed E-state index contributed by atoms with van der Waals surface area (Å²) in [7, 11) is 0. The first-order chi connectivity index (χ1) is 16.3. The van der Waals surface area contributed by atoms with Gasteiger partial charge >= 0.3 is 0 Å². The molecule has 1 heteroatoms. The lowest BCUT2D eigenvalue weighted by Gasteiger charge is -2.13. The minimum absolute atomic E-state index is 0.874. The standard InChI is InChI=1S/C32H25N/c1-23-11-13-25(14-12-23)26-15-17-27(18-16-26)31-21-28-19-20-33(22-24-7-3-2-4-8-24)32(28)30-10-6-5-9-29(30)31/h2-21H,22H2,1H3. The molecule has 6 rings (SSSR count). The summed E-state index contributed by atoms with van der Waals surface area (Å²) in [5, 5.41) is 3.87. The first-order valence-corrected chi connectivity index (χ1v) is 11.5. The van der Waals surface area contributed by atoms with Gasteiger partial charge in [-0.1, -0.05) is 109 Å². The topological polar surface area (TPSA) is 4.93 Å². The highest BCUT2D eigenvalue weighted by Gasteiger charge is 2.12. The Morgan fingerprint density at radius 3 is 1.91 bits per heavy atom. The average Bonchev–Trinajstić information content (AvgIpc) is 3.27. The zero-order valence-electron chi connectivity index (χ0n) is 18.7. The molecular weight excluding hydrogens is 398 g/mol. The summed E-state index contributed by atoms with van der Waals surface area (Å²) in [6.07, 6.45) is 2.22. The predicted molar refractivity (Wildman–Crippen MR) is 141 cm³/mol. The molecule has 5 aromatic carbocycles. The molecule has 0 fully saturated rings. The Labute approximate surface area is 194 Å². The smallest absolute Gasteiger partial charge is 0.0563 e. The van der Waals surface area contributed by atoms with Gasteiger partial charge in [0.1, 0.15) is 0 Å². The molecule has 6 aromatic rings. The highest BCUT2D eigenvalue weighted by molar-refractivity contribution is 6.12. The maximum Gasteiger partial charge on any atom is 0.0563 e. The van der Waals surface area contributed by atoms with Crippen LogP contribution in [0.3, 0.4) is 0 Å². The molecular formula is C32H25N. The van der Waals surface area contributed by atoms with Gasteiger partial charge in [0.05, 0.1) is 5.52 Å². The number of rotatable bonds is 4. The Bertz CT molecular complexity index is 1550. The lowest BCUT2D eigenvalue weighted by molar-refractivity contribution is 0.839. The van der Waals surface area contributed by atoms with Crippen LogP contribution in [0, 0.1) is 6.92 Å². The monoisotopic (exact) mass is 423 g/mol. The van der Waals surface area contributed by atoms with Crippen molar-refractivity contribution in [2.75, 3.05) is 0 Å². The van der Waals surface area contributed by atoms with Crippen molar-refractivity contribution in [1.29, 1.82) is 0 Å². The molecule has 0 spiro atoms. The summed E-state index contributed by atoms with van der Waals surface area (Å²) >= 11 is 0. The fraction of sp³-hybridized carbons (Fsp3) is 0.0625. The Morgan fingerprint density at radius 1 is 0.576 bits per heavy atom. The van der Waals surface area contributed by atoms with Crippen molar-refractivity contribution in [1.82, 2.24) is 4.57 Å². The number of hydrogen-bond donors (Lipinski definition) is 0. The SMILES string of the molecule is Cc1ccc(-c2ccc(-c3cc4ccn(Cc5ccccc5)c4c4ccccc34)cc2)cc1. The zero-order valence-corrected chi connectivity index (χ0v) is 18.7. The molecule has 0 saturated heterocycles. The molecule has 0 bridgehead atoms. The first-order valence-electron chi connectivity index (χ1n) is 11.5. The minimum Gasteiger partial charge on any atom is -0.343 e. The molecule has 0 atom stereocenters. The van der Waals surface area contributed by atoms with Crippen LogP contribution in [0.2, 0.25) is 0 Å². The van der Waals surface area contributed by atoms with Crippen LogP contribution in [0.1, 0.15) is 11.1 Å². The zero-order chi connectivity index (χ0) is 22.2. The highest BCUT2D eigenvalue weighted by Crippen LogP contribution is 2.36. The van der Waals surface area contributed by atoms with Crippen molar-refractivity contribution in [2.24, 2.45) is 0 Å². The van der Waals surface area contributed by atoms with E-state index in [9.17, 15) is 0 Å². The van der Waals surface area contributed by atoms with Gasteiger partial charge in [-0.3, -0.25) is 0 Å². The molecule has 0 aliphatic rings. The van der Waals surface area contributed by atoms with Crippen LogP contribution in [0.4, 0.5) is 0 Å². The summed E-state index contributed by atoms with van der Waals surface area (Å²) in [5.74, 6) is 0. The molecule has 0 unspecified atom stereocenters. The van der Waals surface area contributed by atoms with Crippen molar-refractivity contribution in [3.63, 3.8) is 0 Å². The molecule has 0 aliphatic heterocycles. The predicted octanol–water partition coefficient (Wildman–Crippen LogP) is 8.49. The van der Waals surface area contributed by atoms with Crippen molar-refractivity contribution >= 4 is 21.7 Å². The van der Waals surface area contributed by atoms with Gasteiger partial charge in [0.2, 0.25) is 0 Å². The number of aromatic nitrogens is 1. The first kappa shape index (κ1) is 19.6. The average molecular weight is 424 g/mol. The molecule has 0 aliphatic carbocycles. The summed E-state index contributed by atoms with van der Waals surface area (Å²) in [5.41, 5.74) is 8.94. The van der Waals surface area contributed by atoms with Crippen LogP contribution in [-0.4, -0.2) is 4.57 Å². The van der Waals surface area contributed by atoms with Crippen molar-refractivity contribution in [3.8, 4) is 22.3 Å². The number of nitrogens with zero attached hydrogens (tertiary/aromatic N) is 1. The number of hydrogen-bond acceptors (Lipinski definition) is 0. The Balaban J connectivity index is 1.46. The molecule has 1 heterocycles. The third-order valence-corrected chi connectivity index (χ3v) is 6.54. The fourth-order valence-corrected chi connectivity index (χ4v) is 4.81. The summed E-state index contributed by atoms with van der Waals surface area (Å²) < 4.78 is 2.37. The normalized spacial score (nSPS) is 11.3. The number of benzene rings is 5. The largest absolute Gasteiger partial charge is 0.343 e. The Morgan fingerprint density at radius 2 is 1.18 bits per heavy atom. The molecule has 0 N–H and O–H groups in total. The summed E-state index contributed by atoms with van der Waals surface area (Å²) in [6.45, 7) is 3.00. The van der Waals surface area contributed by atoms with Crippen LogP contribution in [0.25, 0.3) is 43.9 Å². The van der Waals surface area contributed by atoms with Gasteiger partial charge in [-0.2, -0.15) is 0 Å². The van der Waals surface area contributed by atoms with Crippen LogP contribution in [0.5, 0.6) is 0 Å². The van der Waals surface area contributed by atoms with E-state index in [-0.39, 0.29) is 0 Å². The summed E-state index contributed by atoms with van der Waals surface area (Å²) in [4.78, 5) is 0. The van der Waals surface area contributed by atoms with E-state index in [1.165, 1.54) is 55.1 Å². The molecule has 33 heavy (non-hydrogen) atoms. The molecule has 1 nitrogen and oxygen atoms in total. The van der Waals surface area contributed by atoms with Gasteiger partial charge in [-0.15, -0.1) is 0 Å². The quantitative estimate of drug-likeness (QED) is 0.268. The molecule has 0 radical (unpaired) electrons.